The van der Waals surface area contributed by atoms with Crippen LogP contribution in [0.2, 0.25) is 5.02 Å². The third-order valence-corrected chi connectivity index (χ3v) is 4.03. The number of rotatable bonds is 4. The van der Waals surface area contributed by atoms with E-state index in [0.717, 1.165) is 0 Å². The minimum Gasteiger partial charge on any atom is -0.481 e. The van der Waals surface area contributed by atoms with Gasteiger partial charge in [0.1, 0.15) is 12.3 Å². The zero-order valence-corrected chi connectivity index (χ0v) is 13.9. The van der Waals surface area contributed by atoms with Gasteiger partial charge in [0.05, 0.1) is 11.4 Å². The molecule has 0 unspecified atom stereocenters. The number of hydrogen-bond acceptors (Lipinski definition) is 3. The summed E-state index contributed by atoms with van der Waals surface area (Å²) in [5.41, 5.74) is 1.31. The van der Waals surface area contributed by atoms with E-state index in [0.29, 0.717) is 28.6 Å². The molecule has 2 amide bonds. The van der Waals surface area contributed by atoms with Crippen LogP contribution in [0, 0.1) is 0 Å². The number of carbonyl (C=O) groups is 2. The molecule has 0 bridgehead atoms. The van der Waals surface area contributed by atoms with Crippen molar-refractivity contribution < 1.29 is 14.3 Å². The van der Waals surface area contributed by atoms with E-state index in [1.807, 2.05) is 25.1 Å². The number of carbonyl (C=O) groups excluding carboxylic acids is 2. The highest BCUT2D eigenvalue weighted by Crippen LogP contribution is 2.30. The standard InChI is InChI=1S/C18H17ClN2O3/c1-2-16(24-13-9-7-12(19)8-10-13)18(23)21-11-17(22)20-14-5-3-4-6-15(14)21/h3-10,16H,2,11H2,1H3,(H,20,22)/t16-/m0/s1. The number of benzene rings is 2. The van der Waals surface area contributed by atoms with Crippen molar-refractivity contribution in [1.29, 1.82) is 0 Å². The second-order valence-corrected chi connectivity index (χ2v) is 5.89. The van der Waals surface area contributed by atoms with Crippen molar-refractivity contribution in [2.45, 2.75) is 19.4 Å². The summed E-state index contributed by atoms with van der Waals surface area (Å²) in [6, 6.07) is 14.1. The number of fused-ring (bicyclic) bond motifs is 1. The van der Waals surface area contributed by atoms with Crippen LogP contribution in [0.25, 0.3) is 0 Å². The summed E-state index contributed by atoms with van der Waals surface area (Å²) in [4.78, 5) is 26.3. The molecule has 3 rings (SSSR count). The van der Waals surface area contributed by atoms with E-state index in [-0.39, 0.29) is 18.4 Å². The molecule has 124 valence electrons. The first-order valence-electron chi connectivity index (χ1n) is 7.71. The molecule has 1 aliphatic rings. The average molecular weight is 345 g/mol. The SMILES string of the molecule is CC[C@H](Oc1ccc(Cl)cc1)C(=O)N1CC(=O)Nc2ccccc21. The van der Waals surface area contributed by atoms with Gasteiger partial charge in [-0.15, -0.1) is 0 Å². The highest BCUT2D eigenvalue weighted by molar-refractivity contribution is 6.30. The van der Waals surface area contributed by atoms with Gasteiger partial charge in [0.15, 0.2) is 6.10 Å². The van der Waals surface area contributed by atoms with E-state index in [4.69, 9.17) is 16.3 Å². The Kier molecular flexibility index (Phi) is 4.71. The van der Waals surface area contributed by atoms with Crippen LogP contribution in [-0.2, 0) is 9.59 Å². The monoisotopic (exact) mass is 344 g/mol. The summed E-state index contributed by atoms with van der Waals surface area (Å²) in [5.74, 6) is 0.104. The Labute approximate surface area is 145 Å². The van der Waals surface area contributed by atoms with E-state index in [2.05, 4.69) is 5.32 Å². The zero-order chi connectivity index (χ0) is 17.1. The maximum Gasteiger partial charge on any atom is 0.268 e. The molecule has 5 nitrogen and oxygen atoms in total. The molecule has 1 atom stereocenters. The summed E-state index contributed by atoms with van der Waals surface area (Å²) in [6.07, 6.45) is -0.188. The van der Waals surface area contributed by atoms with Crippen molar-refractivity contribution >= 4 is 34.8 Å². The molecule has 6 heteroatoms. The molecule has 0 spiro atoms. The number of halogens is 1. The number of para-hydroxylation sites is 2. The molecule has 0 saturated carbocycles. The predicted octanol–water partition coefficient (Wildman–Crippen LogP) is 3.48. The van der Waals surface area contributed by atoms with Gasteiger partial charge in [-0.25, -0.2) is 0 Å². The average Bonchev–Trinajstić information content (AvgIpc) is 2.60. The molecule has 0 radical (unpaired) electrons. The maximum absolute atomic E-state index is 12.9. The zero-order valence-electron chi connectivity index (χ0n) is 13.2. The van der Waals surface area contributed by atoms with Crippen LogP contribution >= 0.6 is 11.6 Å². The van der Waals surface area contributed by atoms with Crippen molar-refractivity contribution in [1.82, 2.24) is 0 Å². The van der Waals surface area contributed by atoms with E-state index in [1.165, 1.54) is 4.90 Å². The maximum atomic E-state index is 12.9. The normalized spacial score (nSPS) is 14.6. The first-order chi connectivity index (χ1) is 11.6. The molecule has 1 N–H and O–H groups in total. The van der Waals surface area contributed by atoms with Crippen molar-refractivity contribution in [3.8, 4) is 5.75 Å². The van der Waals surface area contributed by atoms with Crippen LogP contribution in [-0.4, -0.2) is 24.5 Å². The predicted molar refractivity (Wildman–Crippen MR) is 93.6 cm³/mol. The van der Waals surface area contributed by atoms with Gasteiger partial charge < -0.3 is 10.1 Å². The number of hydrogen-bond donors (Lipinski definition) is 1. The Balaban J connectivity index is 1.83. The third-order valence-electron chi connectivity index (χ3n) is 3.77. The lowest BCUT2D eigenvalue weighted by atomic mass is 10.1. The first-order valence-corrected chi connectivity index (χ1v) is 8.08. The molecule has 2 aromatic rings. The first kappa shape index (κ1) is 16.3. The van der Waals surface area contributed by atoms with Gasteiger partial charge in [-0.05, 0) is 42.8 Å². The Bertz CT molecular complexity index is 761. The van der Waals surface area contributed by atoms with E-state index >= 15 is 0 Å². The lowest BCUT2D eigenvalue weighted by molar-refractivity contribution is -0.127. The summed E-state index contributed by atoms with van der Waals surface area (Å²) >= 11 is 5.86. The largest absolute Gasteiger partial charge is 0.481 e. The number of amides is 2. The molecule has 2 aromatic carbocycles. The lowest BCUT2D eigenvalue weighted by Gasteiger charge is -2.31. The molecule has 24 heavy (non-hydrogen) atoms. The van der Waals surface area contributed by atoms with Gasteiger partial charge in [-0.2, -0.15) is 0 Å². The molecular weight excluding hydrogens is 328 g/mol. The summed E-state index contributed by atoms with van der Waals surface area (Å²) in [5, 5.41) is 3.37. The number of nitrogens with one attached hydrogen (secondary N) is 1. The molecular formula is C18H17ClN2O3. The fraction of sp³-hybridized carbons (Fsp3) is 0.222. The highest BCUT2D eigenvalue weighted by Gasteiger charge is 2.31. The quantitative estimate of drug-likeness (QED) is 0.923. The van der Waals surface area contributed by atoms with Crippen molar-refractivity contribution in [3.63, 3.8) is 0 Å². The Morgan fingerprint density at radius 2 is 1.96 bits per heavy atom. The van der Waals surface area contributed by atoms with Gasteiger partial charge in [-0.1, -0.05) is 30.7 Å². The Morgan fingerprint density at radius 1 is 1.25 bits per heavy atom. The minimum atomic E-state index is -0.676. The van der Waals surface area contributed by atoms with Gasteiger partial charge >= 0.3 is 0 Å². The van der Waals surface area contributed by atoms with Crippen LogP contribution in [0.3, 0.4) is 0 Å². The van der Waals surface area contributed by atoms with Crippen LogP contribution in [0.1, 0.15) is 13.3 Å². The lowest BCUT2D eigenvalue weighted by Crippen LogP contribution is -2.48. The summed E-state index contributed by atoms with van der Waals surface area (Å²) in [7, 11) is 0. The van der Waals surface area contributed by atoms with Gasteiger partial charge in [0.25, 0.3) is 5.91 Å². The summed E-state index contributed by atoms with van der Waals surface area (Å²) < 4.78 is 5.80. The smallest absolute Gasteiger partial charge is 0.268 e. The van der Waals surface area contributed by atoms with Crippen LogP contribution in [0.5, 0.6) is 5.75 Å². The fourth-order valence-corrected chi connectivity index (χ4v) is 2.72. The molecule has 0 aliphatic carbocycles. The Hall–Kier alpha value is -2.53. The fourth-order valence-electron chi connectivity index (χ4n) is 2.59. The van der Waals surface area contributed by atoms with E-state index in [9.17, 15) is 9.59 Å². The van der Waals surface area contributed by atoms with Crippen molar-refractivity contribution in [2.75, 3.05) is 16.8 Å². The molecule has 1 heterocycles. The van der Waals surface area contributed by atoms with Crippen molar-refractivity contribution in [3.05, 3.63) is 53.6 Å². The number of anilines is 2. The van der Waals surface area contributed by atoms with Crippen molar-refractivity contribution in [2.24, 2.45) is 0 Å². The topological polar surface area (TPSA) is 58.6 Å². The van der Waals surface area contributed by atoms with E-state index < -0.39 is 6.10 Å². The van der Waals surface area contributed by atoms with E-state index in [1.54, 1.807) is 30.3 Å². The molecule has 0 aromatic heterocycles. The molecule has 0 saturated heterocycles. The van der Waals surface area contributed by atoms with Gasteiger partial charge in [0, 0.05) is 5.02 Å². The Morgan fingerprint density at radius 3 is 2.67 bits per heavy atom. The highest BCUT2D eigenvalue weighted by atomic mass is 35.5. The summed E-state index contributed by atoms with van der Waals surface area (Å²) in [6.45, 7) is 1.85. The number of ether oxygens (including phenoxy) is 1. The van der Waals surface area contributed by atoms with Crippen LogP contribution in [0.4, 0.5) is 11.4 Å². The molecule has 1 aliphatic heterocycles. The molecule has 0 fully saturated rings. The second kappa shape index (κ2) is 6.93. The minimum absolute atomic E-state index is 0.0175. The second-order valence-electron chi connectivity index (χ2n) is 5.46. The van der Waals surface area contributed by atoms with Gasteiger partial charge in [-0.3, -0.25) is 14.5 Å². The van der Waals surface area contributed by atoms with Crippen LogP contribution < -0.4 is 15.0 Å². The van der Waals surface area contributed by atoms with Crippen LogP contribution in [0.15, 0.2) is 48.5 Å². The van der Waals surface area contributed by atoms with Gasteiger partial charge in [0.2, 0.25) is 5.91 Å². The number of nitrogens with zero attached hydrogens (tertiary/aromatic N) is 1. The third kappa shape index (κ3) is 3.36.